The molecule has 0 unspecified atom stereocenters. The molecule has 0 aliphatic rings. The highest BCUT2D eigenvalue weighted by Crippen LogP contribution is 2.32. The number of fused-ring (bicyclic) bond motifs is 1. The van der Waals surface area contributed by atoms with Crippen LogP contribution in [0.2, 0.25) is 10.0 Å². The molecule has 0 saturated carbocycles. The van der Waals surface area contributed by atoms with Gasteiger partial charge in [-0.15, -0.1) is 9.73 Å². The van der Waals surface area contributed by atoms with Crippen LogP contribution in [-0.2, 0) is 0 Å². The Morgan fingerprint density at radius 2 is 1.80 bits per heavy atom. The fraction of sp³-hybridized carbons (Fsp3) is 0.154. The van der Waals surface area contributed by atoms with E-state index in [2.05, 4.69) is 15.2 Å². The smallest absolute Gasteiger partial charge is 0.185 e. The summed E-state index contributed by atoms with van der Waals surface area (Å²) in [4.78, 5) is 4.34. The van der Waals surface area contributed by atoms with Crippen LogP contribution < -0.4 is 5.22 Å². The van der Waals surface area contributed by atoms with Crippen molar-refractivity contribution in [3.63, 3.8) is 0 Å². The molecule has 1 N–H and O–H groups in total. The van der Waals surface area contributed by atoms with Gasteiger partial charge in [-0.25, -0.2) is 4.98 Å². The lowest BCUT2D eigenvalue weighted by Crippen LogP contribution is -2.03. The Morgan fingerprint density at radius 3 is 2.45 bits per heavy atom. The minimum atomic E-state index is -0.119. The molecule has 2 heterocycles. The zero-order valence-electron chi connectivity index (χ0n) is 10.7. The molecular weight excluding hydrogens is 299 g/mol. The minimum absolute atomic E-state index is 0.119. The van der Waals surface area contributed by atoms with E-state index in [0.29, 0.717) is 11.5 Å². The predicted molar refractivity (Wildman–Crippen MR) is 77.2 cm³/mol. The van der Waals surface area contributed by atoms with Crippen molar-refractivity contribution in [3.05, 3.63) is 44.5 Å². The Morgan fingerprint density at radius 1 is 1.15 bits per heavy atom. The zero-order chi connectivity index (χ0) is 14.4. The molecule has 0 atom stereocenters. The normalized spacial score (nSPS) is 12.5. The molecule has 0 radical (unpaired) electrons. The molecule has 3 rings (SSSR count). The average molecular weight is 309 g/mol. The van der Waals surface area contributed by atoms with Crippen molar-refractivity contribution in [2.24, 2.45) is 0 Å². The van der Waals surface area contributed by atoms with Crippen molar-refractivity contribution in [2.45, 2.75) is 13.8 Å². The van der Waals surface area contributed by atoms with Crippen LogP contribution >= 0.6 is 23.2 Å². The van der Waals surface area contributed by atoms with E-state index in [9.17, 15) is 5.11 Å². The van der Waals surface area contributed by atoms with E-state index in [-0.39, 0.29) is 15.8 Å². The number of halogens is 2. The van der Waals surface area contributed by atoms with Gasteiger partial charge in [-0.2, -0.15) is 5.10 Å². The number of aromatic hydroxyl groups is 1. The summed E-state index contributed by atoms with van der Waals surface area (Å²) in [6.07, 6.45) is 1.86. The topological polar surface area (TPSA) is 63.3 Å². The third-order valence-corrected chi connectivity index (χ3v) is 3.50. The molecular formula is C13H10Cl2N4O. The number of benzene rings is 1. The lowest BCUT2D eigenvalue weighted by atomic mass is 10.1. The molecule has 0 fully saturated rings. The number of phenolic OH excluding ortho intramolecular Hbond substituents is 1. The maximum absolute atomic E-state index is 9.57. The Bertz CT molecular complexity index is 849. The van der Waals surface area contributed by atoms with Gasteiger partial charge in [0.1, 0.15) is 5.82 Å². The highest BCUT2D eigenvalue weighted by Gasteiger charge is 2.09. The van der Waals surface area contributed by atoms with Gasteiger partial charge in [-0.3, -0.25) is 0 Å². The standard InChI is InChI=1S/C13H10Cl2N4O/c1-6-9(13-16-7(2)18-19(13)17-6)3-8-4-10(14)12(20)11(15)5-8/h3-5,20H,1-2H3/b9-3-. The van der Waals surface area contributed by atoms with Gasteiger partial charge < -0.3 is 5.11 Å². The molecule has 0 aliphatic heterocycles. The maximum atomic E-state index is 9.57. The molecule has 5 nitrogen and oxygen atoms in total. The summed E-state index contributed by atoms with van der Waals surface area (Å²) in [6.45, 7) is 3.68. The monoisotopic (exact) mass is 308 g/mol. The second-order valence-electron chi connectivity index (χ2n) is 4.45. The number of phenols is 1. The molecule has 3 aromatic rings. The molecule has 2 aromatic heterocycles. The molecule has 102 valence electrons. The summed E-state index contributed by atoms with van der Waals surface area (Å²) in [6, 6.07) is 3.27. The lowest BCUT2D eigenvalue weighted by Gasteiger charge is -2.01. The number of hydrogen-bond acceptors (Lipinski definition) is 4. The maximum Gasteiger partial charge on any atom is 0.185 e. The summed E-state index contributed by atoms with van der Waals surface area (Å²) in [5.41, 5.74) is 2.25. The first-order chi connectivity index (χ1) is 9.45. The number of nitrogens with zero attached hydrogens (tertiary/aromatic N) is 4. The number of aromatic nitrogens is 4. The SMILES string of the molecule is Cc1nc2/c(=C\c3cc(Cl)c(O)c(Cl)c3)c(C)nn2n1. The molecule has 0 amide bonds. The quantitative estimate of drug-likeness (QED) is 0.749. The number of rotatable bonds is 1. The van der Waals surface area contributed by atoms with Crippen molar-refractivity contribution in [1.82, 2.24) is 19.8 Å². The van der Waals surface area contributed by atoms with Gasteiger partial charge in [0.15, 0.2) is 11.4 Å². The third-order valence-electron chi connectivity index (χ3n) is 2.92. The van der Waals surface area contributed by atoms with Gasteiger partial charge >= 0.3 is 0 Å². The summed E-state index contributed by atoms with van der Waals surface area (Å²) in [5, 5.41) is 19.3. The van der Waals surface area contributed by atoms with E-state index in [1.54, 1.807) is 12.1 Å². The number of hydrogen-bond donors (Lipinski definition) is 1. The Labute approximate surface area is 124 Å². The van der Waals surface area contributed by atoms with Crippen molar-refractivity contribution in [1.29, 1.82) is 0 Å². The van der Waals surface area contributed by atoms with Crippen LogP contribution in [0.15, 0.2) is 12.1 Å². The minimum Gasteiger partial charge on any atom is -0.505 e. The molecule has 0 bridgehead atoms. The van der Waals surface area contributed by atoms with Crippen LogP contribution in [-0.4, -0.2) is 24.9 Å². The van der Waals surface area contributed by atoms with Crippen LogP contribution in [0.25, 0.3) is 11.7 Å². The molecule has 20 heavy (non-hydrogen) atoms. The van der Waals surface area contributed by atoms with Gasteiger partial charge in [0.25, 0.3) is 0 Å². The van der Waals surface area contributed by atoms with Gasteiger partial charge in [0, 0.05) is 5.22 Å². The highest BCUT2D eigenvalue weighted by molar-refractivity contribution is 6.37. The summed E-state index contributed by atoms with van der Waals surface area (Å²) < 4.78 is 1.50. The van der Waals surface area contributed by atoms with E-state index < -0.39 is 0 Å². The first-order valence-corrected chi connectivity index (χ1v) is 6.61. The lowest BCUT2D eigenvalue weighted by molar-refractivity contribution is 0.476. The Kier molecular flexibility index (Phi) is 3.03. The van der Waals surface area contributed by atoms with Gasteiger partial charge in [-0.05, 0) is 37.6 Å². The van der Waals surface area contributed by atoms with Crippen LogP contribution in [0.4, 0.5) is 0 Å². The summed E-state index contributed by atoms with van der Waals surface area (Å²) >= 11 is 11.8. The van der Waals surface area contributed by atoms with Crippen molar-refractivity contribution >= 4 is 34.9 Å². The van der Waals surface area contributed by atoms with Gasteiger partial charge in [0.2, 0.25) is 0 Å². The first-order valence-electron chi connectivity index (χ1n) is 5.85. The van der Waals surface area contributed by atoms with Crippen LogP contribution in [0.3, 0.4) is 0 Å². The van der Waals surface area contributed by atoms with Crippen LogP contribution in [0.5, 0.6) is 5.75 Å². The van der Waals surface area contributed by atoms with E-state index in [0.717, 1.165) is 16.5 Å². The Balaban J connectivity index is 2.26. The molecule has 0 aliphatic carbocycles. The van der Waals surface area contributed by atoms with E-state index in [4.69, 9.17) is 23.2 Å². The van der Waals surface area contributed by atoms with Gasteiger partial charge in [0.05, 0.1) is 15.7 Å². The fourth-order valence-electron chi connectivity index (χ4n) is 2.00. The second kappa shape index (κ2) is 4.61. The van der Waals surface area contributed by atoms with E-state index >= 15 is 0 Å². The molecule has 7 heteroatoms. The van der Waals surface area contributed by atoms with Crippen LogP contribution in [0.1, 0.15) is 17.1 Å². The van der Waals surface area contributed by atoms with Gasteiger partial charge in [-0.1, -0.05) is 23.2 Å². The molecule has 1 aromatic carbocycles. The third kappa shape index (κ3) is 2.09. The first kappa shape index (κ1) is 13.1. The largest absolute Gasteiger partial charge is 0.505 e. The van der Waals surface area contributed by atoms with E-state index in [1.807, 2.05) is 19.9 Å². The Hall–Kier alpha value is -1.85. The van der Waals surface area contributed by atoms with E-state index in [1.165, 1.54) is 4.63 Å². The second-order valence-corrected chi connectivity index (χ2v) is 5.26. The molecule has 0 spiro atoms. The van der Waals surface area contributed by atoms with Crippen molar-refractivity contribution < 1.29 is 5.11 Å². The zero-order valence-corrected chi connectivity index (χ0v) is 12.2. The summed E-state index contributed by atoms with van der Waals surface area (Å²) in [7, 11) is 0. The summed E-state index contributed by atoms with van der Waals surface area (Å²) in [5.74, 6) is 0.537. The van der Waals surface area contributed by atoms with Crippen molar-refractivity contribution in [2.75, 3.05) is 0 Å². The fourth-order valence-corrected chi connectivity index (χ4v) is 2.51. The number of aryl methyl sites for hydroxylation is 2. The van der Waals surface area contributed by atoms with Crippen LogP contribution in [0, 0.1) is 13.8 Å². The molecule has 0 saturated heterocycles. The average Bonchev–Trinajstić information content (AvgIpc) is 2.84. The predicted octanol–water partition coefficient (Wildman–Crippen LogP) is 2.30. The van der Waals surface area contributed by atoms with Crippen molar-refractivity contribution in [3.8, 4) is 5.75 Å². The highest BCUT2D eigenvalue weighted by atomic mass is 35.5.